The molecule has 0 bridgehead atoms. The Morgan fingerprint density at radius 3 is 2.67 bits per heavy atom. The van der Waals surface area contributed by atoms with Crippen LogP contribution < -0.4 is 5.32 Å². The average Bonchev–Trinajstić information content (AvgIpc) is 3.43. The van der Waals surface area contributed by atoms with E-state index in [0.29, 0.717) is 17.0 Å². The summed E-state index contributed by atoms with van der Waals surface area (Å²) >= 11 is 1.49. The fourth-order valence-electron chi connectivity index (χ4n) is 3.61. The van der Waals surface area contributed by atoms with Gasteiger partial charge in [-0.2, -0.15) is 0 Å². The van der Waals surface area contributed by atoms with E-state index in [4.69, 9.17) is 4.42 Å². The molecule has 0 aliphatic carbocycles. The zero-order valence-corrected chi connectivity index (χ0v) is 17.3. The van der Waals surface area contributed by atoms with Gasteiger partial charge in [0.15, 0.2) is 5.54 Å². The summed E-state index contributed by atoms with van der Waals surface area (Å²) < 4.78 is 5.87. The largest absolute Gasteiger partial charge is 0.458 e. The van der Waals surface area contributed by atoms with Gasteiger partial charge in [-0.15, -0.1) is 11.3 Å². The van der Waals surface area contributed by atoms with E-state index in [-0.39, 0.29) is 12.5 Å². The molecule has 7 heteroatoms. The van der Waals surface area contributed by atoms with E-state index in [9.17, 15) is 9.59 Å². The number of imide groups is 1. The number of benzene rings is 2. The van der Waals surface area contributed by atoms with E-state index in [0.717, 1.165) is 16.0 Å². The molecule has 2 aromatic carbocycles. The van der Waals surface area contributed by atoms with Crippen molar-refractivity contribution in [3.05, 3.63) is 77.0 Å². The number of aryl methyl sites for hydroxylation is 1. The maximum Gasteiger partial charge on any atom is 0.325 e. The van der Waals surface area contributed by atoms with Crippen molar-refractivity contribution in [2.75, 3.05) is 0 Å². The Morgan fingerprint density at radius 1 is 1.13 bits per heavy atom. The number of urea groups is 1. The third kappa shape index (κ3) is 2.98. The number of furan rings is 1. The van der Waals surface area contributed by atoms with Crippen molar-refractivity contribution in [3.63, 3.8) is 0 Å². The van der Waals surface area contributed by atoms with Crippen LogP contribution in [0, 0.1) is 6.92 Å². The average molecular weight is 417 g/mol. The van der Waals surface area contributed by atoms with E-state index < -0.39 is 11.6 Å². The van der Waals surface area contributed by atoms with Crippen molar-refractivity contribution in [1.82, 2.24) is 15.2 Å². The molecule has 3 amide bonds. The van der Waals surface area contributed by atoms with Crippen molar-refractivity contribution in [2.45, 2.75) is 25.9 Å². The highest BCUT2D eigenvalue weighted by atomic mass is 32.1. The van der Waals surface area contributed by atoms with E-state index in [1.54, 1.807) is 13.0 Å². The molecule has 1 saturated heterocycles. The lowest BCUT2D eigenvalue weighted by atomic mass is 9.99. The highest BCUT2D eigenvalue weighted by molar-refractivity contribution is 7.13. The van der Waals surface area contributed by atoms with Gasteiger partial charge in [0, 0.05) is 16.3 Å². The minimum atomic E-state index is -1.24. The fourth-order valence-corrected chi connectivity index (χ4v) is 4.42. The number of aromatic nitrogens is 1. The first-order valence-electron chi connectivity index (χ1n) is 9.59. The molecule has 2 aromatic heterocycles. The van der Waals surface area contributed by atoms with Crippen molar-refractivity contribution >= 4 is 34.2 Å². The molecule has 0 radical (unpaired) electrons. The Labute approximate surface area is 177 Å². The number of hydrogen-bond acceptors (Lipinski definition) is 5. The van der Waals surface area contributed by atoms with Crippen molar-refractivity contribution in [1.29, 1.82) is 0 Å². The molecular formula is C23H19N3O3S. The standard InChI is InChI=1S/C23H19N3O3S/c1-14-7-9-15(10-8-14)20-24-17(13-30-20)12-26-21(27)23(2,25-22(26)28)19-11-16-5-3-4-6-18(16)29-19/h3-11,13H,12H2,1-2H3,(H,25,28). The van der Waals surface area contributed by atoms with Gasteiger partial charge < -0.3 is 9.73 Å². The Morgan fingerprint density at radius 2 is 1.90 bits per heavy atom. The van der Waals surface area contributed by atoms with Gasteiger partial charge in [-0.3, -0.25) is 9.69 Å². The molecule has 3 heterocycles. The summed E-state index contributed by atoms with van der Waals surface area (Å²) in [5, 5.41) is 6.42. The quantitative estimate of drug-likeness (QED) is 0.483. The van der Waals surface area contributed by atoms with Crippen LogP contribution >= 0.6 is 11.3 Å². The first-order chi connectivity index (χ1) is 14.4. The van der Waals surface area contributed by atoms with Crippen LogP contribution in [0.4, 0.5) is 4.79 Å². The van der Waals surface area contributed by atoms with Gasteiger partial charge in [-0.1, -0.05) is 48.0 Å². The summed E-state index contributed by atoms with van der Waals surface area (Å²) in [6.07, 6.45) is 0. The lowest BCUT2D eigenvalue weighted by Gasteiger charge is -2.18. The lowest BCUT2D eigenvalue weighted by Crippen LogP contribution is -2.40. The second-order valence-electron chi connectivity index (χ2n) is 7.60. The normalized spacial score (nSPS) is 18.9. The molecule has 1 unspecified atom stereocenters. The van der Waals surface area contributed by atoms with Gasteiger partial charge in [-0.25, -0.2) is 9.78 Å². The van der Waals surface area contributed by atoms with Gasteiger partial charge in [0.05, 0.1) is 12.2 Å². The monoisotopic (exact) mass is 417 g/mol. The molecule has 1 aliphatic rings. The zero-order valence-electron chi connectivity index (χ0n) is 16.5. The maximum atomic E-state index is 13.2. The van der Waals surface area contributed by atoms with E-state index >= 15 is 0 Å². The third-order valence-corrected chi connectivity index (χ3v) is 6.30. The Bertz CT molecular complexity index is 1240. The number of rotatable bonds is 4. The highest BCUT2D eigenvalue weighted by Gasteiger charge is 2.51. The minimum absolute atomic E-state index is 0.114. The second-order valence-corrected chi connectivity index (χ2v) is 8.46. The number of carbonyl (C=O) groups is 2. The van der Waals surface area contributed by atoms with Gasteiger partial charge >= 0.3 is 6.03 Å². The Kier molecular flexibility index (Phi) is 4.22. The van der Waals surface area contributed by atoms with Crippen molar-refractivity contribution in [3.8, 4) is 10.6 Å². The number of para-hydroxylation sites is 1. The molecule has 1 N–H and O–H groups in total. The van der Waals surface area contributed by atoms with Crippen LogP contribution in [-0.4, -0.2) is 21.8 Å². The molecule has 1 atom stereocenters. The van der Waals surface area contributed by atoms with E-state index in [2.05, 4.69) is 10.3 Å². The number of nitrogens with one attached hydrogen (secondary N) is 1. The zero-order chi connectivity index (χ0) is 20.9. The number of thiazole rings is 1. The summed E-state index contributed by atoms with van der Waals surface area (Å²) in [6, 6.07) is 17.0. The highest BCUT2D eigenvalue weighted by Crippen LogP contribution is 2.34. The SMILES string of the molecule is Cc1ccc(-c2nc(CN3C(=O)NC(C)(c4cc5ccccc5o4)C3=O)cs2)cc1. The molecule has 1 fully saturated rings. The van der Waals surface area contributed by atoms with Crippen LogP contribution in [-0.2, 0) is 16.9 Å². The summed E-state index contributed by atoms with van der Waals surface area (Å²) in [6.45, 7) is 3.82. The second kappa shape index (κ2) is 6.81. The van der Waals surface area contributed by atoms with Crippen LogP contribution in [0.2, 0.25) is 0 Å². The van der Waals surface area contributed by atoms with Gasteiger partial charge in [0.25, 0.3) is 5.91 Å². The van der Waals surface area contributed by atoms with Gasteiger partial charge in [0.2, 0.25) is 0 Å². The first-order valence-corrected chi connectivity index (χ1v) is 10.5. The van der Waals surface area contributed by atoms with Gasteiger partial charge in [-0.05, 0) is 26.0 Å². The lowest BCUT2D eigenvalue weighted by molar-refractivity contribution is -0.132. The van der Waals surface area contributed by atoms with Crippen LogP contribution in [0.3, 0.4) is 0 Å². The molecule has 5 rings (SSSR count). The van der Waals surface area contributed by atoms with E-state index in [1.165, 1.54) is 21.8 Å². The first kappa shape index (κ1) is 18.6. The summed E-state index contributed by atoms with van der Waals surface area (Å²) in [5.74, 6) is 0.0691. The molecule has 0 spiro atoms. The number of amides is 3. The minimum Gasteiger partial charge on any atom is -0.458 e. The van der Waals surface area contributed by atoms with Crippen LogP contribution in [0.15, 0.2) is 64.4 Å². The van der Waals surface area contributed by atoms with Crippen LogP contribution in [0.5, 0.6) is 0 Å². The molecule has 0 saturated carbocycles. The third-order valence-electron chi connectivity index (χ3n) is 5.36. The fraction of sp³-hybridized carbons (Fsp3) is 0.174. The van der Waals surface area contributed by atoms with Crippen molar-refractivity contribution in [2.24, 2.45) is 0 Å². The predicted molar refractivity (Wildman–Crippen MR) is 115 cm³/mol. The molecule has 4 aromatic rings. The number of nitrogens with zero attached hydrogens (tertiary/aromatic N) is 2. The topological polar surface area (TPSA) is 75.4 Å². The number of carbonyl (C=O) groups excluding carboxylic acids is 2. The Balaban J connectivity index is 1.40. The van der Waals surface area contributed by atoms with Crippen LogP contribution in [0.1, 0.15) is 23.9 Å². The summed E-state index contributed by atoms with van der Waals surface area (Å²) in [4.78, 5) is 31.6. The molecule has 6 nitrogen and oxygen atoms in total. The Hall–Kier alpha value is -3.45. The van der Waals surface area contributed by atoms with Crippen molar-refractivity contribution < 1.29 is 14.0 Å². The number of fused-ring (bicyclic) bond motifs is 1. The summed E-state index contributed by atoms with van der Waals surface area (Å²) in [5.41, 5.74) is 2.30. The van der Waals surface area contributed by atoms with Crippen LogP contribution in [0.25, 0.3) is 21.5 Å². The maximum absolute atomic E-state index is 13.2. The smallest absolute Gasteiger partial charge is 0.325 e. The predicted octanol–water partition coefficient (Wildman–Crippen LogP) is 4.83. The molecule has 150 valence electrons. The molecule has 30 heavy (non-hydrogen) atoms. The number of hydrogen-bond donors (Lipinski definition) is 1. The molecular weight excluding hydrogens is 398 g/mol. The summed E-state index contributed by atoms with van der Waals surface area (Å²) in [7, 11) is 0. The van der Waals surface area contributed by atoms with Gasteiger partial charge in [0.1, 0.15) is 16.4 Å². The molecule has 1 aliphatic heterocycles. The van der Waals surface area contributed by atoms with E-state index in [1.807, 2.05) is 60.8 Å².